The van der Waals surface area contributed by atoms with Crippen LogP contribution in [0.3, 0.4) is 0 Å². The molecule has 0 aliphatic rings. The average molecular weight is 386 g/mol. The molecule has 27 heavy (non-hydrogen) atoms. The van der Waals surface area contributed by atoms with Gasteiger partial charge in [0.2, 0.25) is 5.91 Å². The monoisotopic (exact) mass is 385 g/mol. The summed E-state index contributed by atoms with van der Waals surface area (Å²) in [6, 6.07) is -0.785. The Kier molecular flexibility index (Phi) is 17.8. The second kappa shape index (κ2) is 18.5. The van der Waals surface area contributed by atoms with E-state index in [4.69, 9.17) is 0 Å². The number of allylic oxidation sites excluding steroid dienone is 1. The lowest BCUT2D eigenvalue weighted by Gasteiger charge is -2.21. The maximum atomic E-state index is 11.6. The van der Waals surface area contributed by atoms with Crippen LogP contribution in [-0.4, -0.2) is 46.1 Å². The lowest BCUT2D eigenvalue weighted by Crippen LogP contribution is -2.48. The topological polar surface area (TPSA) is 89.8 Å². The van der Waals surface area contributed by atoms with Gasteiger partial charge < -0.3 is 20.6 Å². The van der Waals surface area contributed by atoms with Gasteiger partial charge in [0.15, 0.2) is 0 Å². The zero-order chi connectivity index (χ0) is 20.3. The fourth-order valence-electron chi connectivity index (χ4n) is 3.00. The van der Waals surface area contributed by atoms with Crippen LogP contribution in [0.2, 0.25) is 0 Å². The minimum absolute atomic E-state index is 0.300. The van der Waals surface area contributed by atoms with Gasteiger partial charge in [-0.1, -0.05) is 90.2 Å². The van der Waals surface area contributed by atoms with Gasteiger partial charge in [-0.3, -0.25) is 4.79 Å². The van der Waals surface area contributed by atoms with Crippen LogP contribution in [0.15, 0.2) is 12.2 Å². The van der Waals surface area contributed by atoms with E-state index >= 15 is 0 Å². The Morgan fingerprint density at radius 3 is 1.89 bits per heavy atom. The molecule has 4 N–H and O–H groups in total. The molecule has 0 aromatic heterocycles. The van der Waals surface area contributed by atoms with Crippen LogP contribution >= 0.6 is 0 Å². The van der Waals surface area contributed by atoms with Crippen molar-refractivity contribution in [2.45, 2.75) is 116 Å². The number of nitrogens with one attached hydrogen (secondary N) is 1. The molecule has 5 heteroatoms. The van der Waals surface area contributed by atoms with E-state index < -0.39 is 24.2 Å². The Hall–Kier alpha value is -0.910. The Balaban J connectivity index is 3.69. The highest BCUT2D eigenvalue weighted by Crippen LogP contribution is 2.12. The summed E-state index contributed by atoms with van der Waals surface area (Å²) < 4.78 is 0. The highest BCUT2D eigenvalue weighted by Gasteiger charge is 2.21. The molecule has 3 atom stereocenters. The molecule has 1 amide bonds. The summed E-state index contributed by atoms with van der Waals surface area (Å²) in [7, 11) is 0. The van der Waals surface area contributed by atoms with Crippen LogP contribution in [-0.2, 0) is 4.79 Å². The predicted molar refractivity (Wildman–Crippen MR) is 112 cm³/mol. The number of aliphatic hydroxyl groups is 3. The van der Waals surface area contributed by atoms with Crippen LogP contribution in [0, 0.1) is 0 Å². The third kappa shape index (κ3) is 14.8. The molecule has 0 aliphatic carbocycles. The van der Waals surface area contributed by atoms with E-state index in [1.54, 1.807) is 13.0 Å². The summed E-state index contributed by atoms with van der Waals surface area (Å²) in [5.41, 5.74) is 0. The first-order valence-electron chi connectivity index (χ1n) is 11.0. The first kappa shape index (κ1) is 26.1. The van der Waals surface area contributed by atoms with E-state index in [9.17, 15) is 20.1 Å². The van der Waals surface area contributed by atoms with Gasteiger partial charge in [-0.2, -0.15) is 0 Å². The number of amides is 1. The summed E-state index contributed by atoms with van der Waals surface area (Å²) in [4.78, 5) is 11.6. The van der Waals surface area contributed by atoms with E-state index in [1.807, 2.05) is 6.08 Å². The number of aliphatic hydroxyl groups excluding tert-OH is 3. The van der Waals surface area contributed by atoms with E-state index in [0.29, 0.717) is 6.42 Å². The third-order valence-electron chi connectivity index (χ3n) is 4.93. The standard InChI is InChI=1S/C22H43NO4/c1-3-5-6-7-8-9-10-11-12-13-14-15-16-17-21(26)19(18-24)23-22(27)20(25)4-2/h16-17,19-21,24-26H,3-15,18H2,1-2H3,(H,23,27)/b17-16+/t19-,20+,21+/m0/s1. The molecule has 0 saturated carbocycles. The van der Waals surface area contributed by atoms with Gasteiger partial charge in [-0.15, -0.1) is 0 Å². The van der Waals surface area contributed by atoms with Crippen LogP contribution in [0.5, 0.6) is 0 Å². The third-order valence-corrected chi connectivity index (χ3v) is 4.93. The number of unbranched alkanes of at least 4 members (excludes halogenated alkanes) is 11. The summed E-state index contributed by atoms with van der Waals surface area (Å²) >= 11 is 0. The van der Waals surface area contributed by atoms with Gasteiger partial charge in [0, 0.05) is 0 Å². The quantitative estimate of drug-likeness (QED) is 0.213. The van der Waals surface area contributed by atoms with Crippen molar-refractivity contribution in [3.05, 3.63) is 12.2 Å². The van der Waals surface area contributed by atoms with Crippen molar-refractivity contribution in [1.82, 2.24) is 5.32 Å². The molecule has 0 saturated heterocycles. The van der Waals surface area contributed by atoms with Gasteiger partial charge in [0.25, 0.3) is 0 Å². The molecule has 0 bridgehead atoms. The molecule has 0 radical (unpaired) electrons. The number of hydrogen-bond donors (Lipinski definition) is 4. The number of hydrogen-bond acceptors (Lipinski definition) is 4. The highest BCUT2D eigenvalue weighted by atomic mass is 16.3. The van der Waals surface area contributed by atoms with Crippen LogP contribution in [0.1, 0.15) is 97.3 Å². The van der Waals surface area contributed by atoms with Crippen molar-refractivity contribution < 1.29 is 20.1 Å². The van der Waals surface area contributed by atoms with Gasteiger partial charge in [0.05, 0.1) is 18.8 Å². The summed E-state index contributed by atoms with van der Waals surface area (Å²) in [6.45, 7) is 3.58. The van der Waals surface area contributed by atoms with Crippen LogP contribution in [0.25, 0.3) is 0 Å². The fourth-order valence-corrected chi connectivity index (χ4v) is 3.00. The normalized spacial score (nSPS) is 15.0. The first-order valence-corrected chi connectivity index (χ1v) is 11.0. The second-order valence-electron chi connectivity index (χ2n) is 7.46. The van der Waals surface area contributed by atoms with Crippen molar-refractivity contribution in [3.63, 3.8) is 0 Å². The van der Waals surface area contributed by atoms with E-state index in [2.05, 4.69) is 12.2 Å². The smallest absolute Gasteiger partial charge is 0.249 e. The van der Waals surface area contributed by atoms with Crippen molar-refractivity contribution in [2.75, 3.05) is 6.61 Å². The molecule has 0 spiro atoms. The Bertz CT molecular complexity index is 373. The summed E-state index contributed by atoms with van der Waals surface area (Å²) in [5.74, 6) is -0.561. The highest BCUT2D eigenvalue weighted by molar-refractivity contribution is 5.80. The van der Waals surface area contributed by atoms with E-state index in [0.717, 1.165) is 12.8 Å². The minimum atomic E-state index is -1.11. The van der Waals surface area contributed by atoms with Crippen molar-refractivity contribution in [1.29, 1.82) is 0 Å². The number of carbonyl (C=O) groups is 1. The van der Waals surface area contributed by atoms with Gasteiger partial charge in [0.1, 0.15) is 6.10 Å². The largest absolute Gasteiger partial charge is 0.394 e. The Morgan fingerprint density at radius 1 is 0.889 bits per heavy atom. The molecule has 0 aromatic rings. The van der Waals surface area contributed by atoms with Gasteiger partial charge in [-0.25, -0.2) is 0 Å². The molecule has 0 aliphatic heterocycles. The van der Waals surface area contributed by atoms with Crippen LogP contribution in [0.4, 0.5) is 0 Å². The van der Waals surface area contributed by atoms with Gasteiger partial charge >= 0.3 is 0 Å². The molecule has 0 rings (SSSR count). The van der Waals surface area contributed by atoms with Crippen molar-refractivity contribution in [2.24, 2.45) is 0 Å². The minimum Gasteiger partial charge on any atom is -0.394 e. The van der Waals surface area contributed by atoms with Gasteiger partial charge in [-0.05, 0) is 19.3 Å². The molecule has 160 valence electrons. The van der Waals surface area contributed by atoms with Crippen molar-refractivity contribution in [3.8, 4) is 0 Å². The molecule has 0 fully saturated rings. The van der Waals surface area contributed by atoms with E-state index in [1.165, 1.54) is 64.2 Å². The number of carbonyl (C=O) groups excluding carboxylic acids is 1. The average Bonchev–Trinajstić information content (AvgIpc) is 2.68. The predicted octanol–water partition coefficient (Wildman–Crippen LogP) is 3.85. The lowest BCUT2D eigenvalue weighted by atomic mass is 10.0. The lowest BCUT2D eigenvalue weighted by molar-refractivity contribution is -0.131. The summed E-state index contributed by atoms with van der Waals surface area (Å²) in [6.07, 6.45) is 17.0. The molecular formula is C22H43NO4. The second-order valence-corrected chi connectivity index (χ2v) is 7.46. The maximum Gasteiger partial charge on any atom is 0.249 e. The molecular weight excluding hydrogens is 342 g/mol. The summed E-state index contributed by atoms with van der Waals surface area (Å²) in [5, 5.41) is 31.3. The zero-order valence-corrected chi connectivity index (χ0v) is 17.5. The molecule has 0 unspecified atom stereocenters. The molecule has 0 heterocycles. The molecule has 0 aromatic carbocycles. The first-order chi connectivity index (χ1) is 13.1. The SMILES string of the molecule is CCCCCCCCCCCCC/C=C/[C@@H](O)[C@H](CO)NC(=O)[C@H](O)CC. The fraction of sp³-hybridized carbons (Fsp3) is 0.864. The Morgan fingerprint density at radius 2 is 1.41 bits per heavy atom. The zero-order valence-electron chi connectivity index (χ0n) is 17.5. The Labute approximate surface area is 166 Å². The van der Waals surface area contributed by atoms with Crippen molar-refractivity contribution >= 4 is 5.91 Å². The molecule has 5 nitrogen and oxygen atoms in total. The van der Waals surface area contributed by atoms with E-state index in [-0.39, 0.29) is 6.61 Å². The van der Waals surface area contributed by atoms with Crippen LogP contribution < -0.4 is 5.32 Å². The number of rotatable bonds is 18. The maximum absolute atomic E-state index is 11.6.